The standard InChI is InChI=1S/C7H10O/c1-3-7(2)5-4-6-8/h4,6H,3H2,1-2H3. The molecule has 0 saturated heterocycles. The molecule has 44 valence electrons. The van der Waals surface area contributed by atoms with Crippen LogP contribution in [0.1, 0.15) is 20.3 Å². The second-order valence-electron chi connectivity index (χ2n) is 1.58. The zero-order valence-corrected chi connectivity index (χ0v) is 5.27. The summed E-state index contributed by atoms with van der Waals surface area (Å²) in [6.07, 6.45) is 3.09. The van der Waals surface area contributed by atoms with E-state index in [1.165, 1.54) is 6.08 Å². The van der Waals surface area contributed by atoms with Crippen molar-refractivity contribution in [2.24, 2.45) is 0 Å². The maximum atomic E-state index is 9.69. The van der Waals surface area contributed by atoms with Crippen LogP contribution < -0.4 is 0 Å². The molecular formula is C7H10O. The van der Waals surface area contributed by atoms with Gasteiger partial charge in [0, 0.05) is 6.08 Å². The van der Waals surface area contributed by atoms with E-state index in [1.807, 2.05) is 13.8 Å². The van der Waals surface area contributed by atoms with Gasteiger partial charge in [-0.1, -0.05) is 6.92 Å². The molecule has 1 nitrogen and oxygen atoms in total. The SMILES string of the molecule is CCC(C)=C=CC=O. The Morgan fingerprint density at radius 2 is 2.38 bits per heavy atom. The lowest BCUT2D eigenvalue weighted by Crippen LogP contribution is -1.64. The second-order valence-corrected chi connectivity index (χ2v) is 1.58. The van der Waals surface area contributed by atoms with E-state index in [-0.39, 0.29) is 0 Å². The number of aldehydes is 1. The highest BCUT2D eigenvalue weighted by Gasteiger charge is 1.74. The first-order chi connectivity index (χ1) is 3.81. The average Bonchev–Trinajstić information content (AvgIpc) is 1.83. The van der Waals surface area contributed by atoms with Crippen LogP contribution in [0.3, 0.4) is 0 Å². The quantitative estimate of drug-likeness (QED) is 0.300. The molecule has 0 amide bonds. The molecule has 8 heavy (non-hydrogen) atoms. The summed E-state index contributed by atoms with van der Waals surface area (Å²) >= 11 is 0. The van der Waals surface area contributed by atoms with E-state index in [1.54, 1.807) is 0 Å². The lowest BCUT2D eigenvalue weighted by atomic mass is 10.2. The van der Waals surface area contributed by atoms with Gasteiger partial charge in [0.25, 0.3) is 0 Å². The fourth-order valence-corrected chi connectivity index (χ4v) is 0.278. The van der Waals surface area contributed by atoms with Gasteiger partial charge in [0.2, 0.25) is 0 Å². The maximum Gasteiger partial charge on any atom is 0.150 e. The molecule has 0 bridgehead atoms. The Hall–Kier alpha value is -0.810. The van der Waals surface area contributed by atoms with E-state index in [0.717, 1.165) is 18.3 Å². The van der Waals surface area contributed by atoms with Crippen molar-refractivity contribution in [3.63, 3.8) is 0 Å². The molecule has 0 saturated carbocycles. The van der Waals surface area contributed by atoms with Gasteiger partial charge >= 0.3 is 0 Å². The second kappa shape index (κ2) is 4.35. The number of rotatable bonds is 2. The molecule has 0 aliphatic carbocycles. The van der Waals surface area contributed by atoms with Crippen molar-refractivity contribution in [3.8, 4) is 0 Å². The molecule has 0 aliphatic rings. The van der Waals surface area contributed by atoms with Gasteiger partial charge in [-0.2, -0.15) is 0 Å². The van der Waals surface area contributed by atoms with Crippen LogP contribution in [0.15, 0.2) is 17.4 Å². The highest BCUT2D eigenvalue weighted by Crippen LogP contribution is 1.92. The third-order valence-corrected chi connectivity index (χ3v) is 0.928. The van der Waals surface area contributed by atoms with Crippen LogP contribution in [-0.4, -0.2) is 6.29 Å². The van der Waals surface area contributed by atoms with Gasteiger partial charge in [0.1, 0.15) is 0 Å². The van der Waals surface area contributed by atoms with E-state index < -0.39 is 0 Å². The molecule has 0 aromatic rings. The van der Waals surface area contributed by atoms with Crippen LogP contribution in [0, 0.1) is 0 Å². The summed E-state index contributed by atoms with van der Waals surface area (Å²) in [5, 5.41) is 0. The minimum Gasteiger partial charge on any atom is -0.298 e. The molecular weight excluding hydrogens is 100 g/mol. The van der Waals surface area contributed by atoms with Crippen LogP contribution in [-0.2, 0) is 4.79 Å². The Morgan fingerprint density at radius 1 is 1.75 bits per heavy atom. The number of allylic oxidation sites excluding steroid dienone is 1. The summed E-state index contributed by atoms with van der Waals surface area (Å²) < 4.78 is 0. The largest absolute Gasteiger partial charge is 0.298 e. The molecule has 0 aliphatic heterocycles. The molecule has 0 aromatic heterocycles. The fourth-order valence-electron chi connectivity index (χ4n) is 0.278. The highest BCUT2D eigenvalue weighted by atomic mass is 16.1. The third-order valence-electron chi connectivity index (χ3n) is 0.928. The summed E-state index contributed by atoms with van der Waals surface area (Å²) in [4.78, 5) is 9.69. The first kappa shape index (κ1) is 7.19. The molecule has 0 heterocycles. The van der Waals surface area contributed by atoms with Crippen molar-refractivity contribution < 1.29 is 4.79 Å². The third kappa shape index (κ3) is 3.38. The lowest BCUT2D eigenvalue weighted by molar-refractivity contribution is -0.104. The fraction of sp³-hybridized carbons (Fsp3) is 0.429. The zero-order valence-electron chi connectivity index (χ0n) is 5.27. The summed E-state index contributed by atoms with van der Waals surface area (Å²) in [7, 11) is 0. The molecule has 0 spiro atoms. The van der Waals surface area contributed by atoms with E-state index in [2.05, 4.69) is 5.73 Å². The van der Waals surface area contributed by atoms with Crippen molar-refractivity contribution >= 4 is 6.29 Å². The van der Waals surface area contributed by atoms with Gasteiger partial charge in [0.05, 0.1) is 0 Å². The van der Waals surface area contributed by atoms with Gasteiger partial charge in [-0.05, 0) is 18.9 Å². The Morgan fingerprint density at radius 3 is 2.75 bits per heavy atom. The highest BCUT2D eigenvalue weighted by molar-refractivity contribution is 5.64. The summed E-state index contributed by atoms with van der Waals surface area (Å²) in [5.74, 6) is 0. The lowest BCUT2D eigenvalue weighted by Gasteiger charge is -1.81. The monoisotopic (exact) mass is 110 g/mol. The van der Waals surface area contributed by atoms with Crippen LogP contribution in [0.4, 0.5) is 0 Å². The van der Waals surface area contributed by atoms with Crippen molar-refractivity contribution in [2.75, 3.05) is 0 Å². The number of hydrogen-bond acceptors (Lipinski definition) is 1. The molecule has 0 unspecified atom stereocenters. The van der Waals surface area contributed by atoms with Gasteiger partial charge in [0.15, 0.2) is 6.29 Å². The smallest absolute Gasteiger partial charge is 0.150 e. The topological polar surface area (TPSA) is 17.1 Å². The molecule has 0 rings (SSSR count). The summed E-state index contributed by atoms with van der Waals surface area (Å²) in [6.45, 7) is 3.97. The predicted molar refractivity (Wildman–Crippen MR) is 33.6 cm³/mol. The van der Waals surface area contributed by atoms with Crippen LogP contribution in [0.2, 0.25) is 0 Å². The van der Waals surface area contributed by atoms with Crippen LogP contribution >= 0.6 is 0 Å². The minimum atomic E-state index is 0.735. The van der Waals surface area contributed by atoms with Gasteiger partial charge in [-0.15, -0.1) is 5.73 Å². The first-order valence-corrected chi connectivity index (χ1v) is 2.67. The number of hydrogen-bond donors (Lipinski definition) is 0. The molecule has 1 heteroatoms. The van der Waals surface area contributed by atoms with E-state index in [9.17, 15) is 4.79 Å². The molecule has 0 radical (unpaired) electrons. The van der Waals surface area contributed by atoms with Crippen molar-refractivity contribution in [2.45, 2.75) is 20.3 Å². The van der Waals surface area contributed by atoms with Crippen molar-refractivity contribution in [3.05, 3.63) is 17.4 Å². The van der Waals surface area contributed by atoms with E-state index in [0.29, 0.717) is 0 Å². The minimum absolute atomic E-state index is 0.735. The van der Waals surface area contributed by atoms with E-state index >= 15 is 0 Å². The van der Waals surface area contributed by atoms with Crippen LogP contribution in [0.25, 0.3) is 0 Å². The zero-order chi connectivity index (χ0) is 6.41. The predicted octanol–water partition coefficient (Wildman–Crippen LogP) is 1.70. The Balaban J connectivity index is 3.90. The molecule has 0 N–H and O–H groups in total. The van der Waals surface area contributed by atoms with E-state index in [4.69, 9.17) is 0 Å². The number of carbonyl (C=O) groups excluding carboxylic acids is 1. The van der Waals surface area contributed by atoms with Gasteiger partial charge < -0.3 is 0 Å². The number of carbonyl (C=O) groups is 1. The first-order valence-electron chi connectivity index (χ1n) is 2.67. The van der Waals surface area contributed by atoms with Gasteiger partial charge in [-0.25, -0.2) is 0 Å². The van der Waals surface area contributed by atoms with Crippen LogP contribution in [0.5, 0.6) is 0 Å². The normalized spacial score (nSPS) is 7.25. The van der Waals surface area contributed by atoms with Crippen molar-refractivity contribution in [1.82, 2.24) is 0 Å². The molecule has 0 atom stereocenters. The van der Waals surface area contributed by atoms with Gasteiger partial charge in [-0.3, -0.25) is 4.79 Å². The Kier molecular flexibility index (Phi) is 3.91. The maximum absolute atomic E-state index is 9.69. The summed E-state index contributed by atoms with van der Waals surface area (Å²) in [5.41, 5.74) is 3.91. The Bertz CT molecular complexity index is 127. The molecule has 0 fully saturated rings. The Labute approximate surface area is 49.7 Å². The van der Waals surface area contributed by atoms with Crippen molar-refractivity contribution in [1.29, 1.82) is 0 Å². The summed E-state index contributed by atoms with van der Waals surface area (Å²) in [6, 6.07) is 0. The molecule has 0 aromatic carbocycles. The average molecular weight is 110 g/mol.